The van der Waals surface area contributed by atoms with Crippen molar-refractivity contribution in [2.45, 2.75) is 19.3 Å². The first-order valence-corrected chi connectivity index (χ1v) is 9.98. The van der Waals surface area contributed by atoms with Gasteiger partial charge in [0.2, 0.25) is 0 Å². The molecule has 4 nitrogen and oxygen atoms in total. The Labute approximate surface area is 171 Å². The molecule has 0 spiro atoms. The smallest absolute Gasteiger partial charge is 0.418 e. The molecule has 4 heteroatoms. The minimum atomic E-state index is -0.348. The van der Waals surface area contributed by atoms with Crippen molar-refractivity contribution in [3.05, 3.63) is 90.0 Å². The Morgan fingerprint density at radius 1 is 0.931 bits per heavy atom. The molecule has 0 bridgehead atoms. The first-order chi connectivity index (χ1) is 14.3. The maximum absolute atomic E-state index is 13.0. The van der Waals surface area contributed by atoms with Gasteiger partial charge in [-0.25, -0.2) is 9.69 Å². The van der Waals surface area contributed by atoms with Crippen LogP contribution in [0.4, 0.5) is 16.2 Å². The lowest BCUT2D eigenvalue weighted by molar-refractivity contribution is 0.132. The number of anilines is 2. The molecular formula is C25H25NO3. The standard InChI is InChI=1S/C25H25NO3/c1-28-24-14-8-9-20-17-19(15-16-23(20)24)18-29-25(27)26(21-10-4-2-5-11-21)22-12-6-3-7-13-22/h2-14,19H,15-18H2,1H3. The third-order valence-electron chi connectivity index (χ3n) is 5.42. The molecule has 3 aromatic carbocycles. The van der Waals surface area contributed by atoms with Crippen molar-refractivity contribution in [2.75, 3.05) is 18.6 Å². The first-order valence-electron chi connectivity index (χ1n) is 9.98. The van der Waals surface area contributed by atoms with Gasteiger partial charge < -0.3 is 9.47 Å². The lowest BCUT2D eigenvalue weighted by atomic mass is 9.84. The second-order valence-electron chi connectivity index (χ2n) is 7.29. The van der Waals surface area contributed by atoms with Gasteiger partial charge in [-0.3, -0.25) is 0 Å². The minimum Gasteiger partial charge on any atom is -0.496 e. The molecule has 0 fully saturated rings. The van der Waals surface area contributed by atoms with Crippen LogP contribution >= 0.6 is 0 Å². The molecule has 0 N–H and O–H groups in total. The monoisotopic (exact) mass is 387 g/mol. The predicted molar refractivity (Wildman–Crippen MR) is 115 cm³/mol. The van der Waals surface area contributed by atoms with Gasteiger partial charge in [-0.1, -0.05) is 48.5 Å². The average molecular weight is 387 g/mol. The molecule has 1 atom stereocenters. The number of fused-ring (bicyclic) bond motifs is 1. The van der Waals surface area contributed by atoms with Crippen LogP contribution in [0.1, 0.15) is 17.5 Å². The van der Waals surface area contributed by atoms with Crippen molar-refractivity contribution >= 4 is 17.5 Å². The first kappa shape index (κ1) is 19.1. The molecule has 1 aliphatic rings. The molecule has 0 radical (unpaired) electrons. The van der Waals surface area contributed by atoms with Crippen molar-refractivity contribution in [3.63, 3.8) is 0 Å². The zero-order valence-corrected chi connectivity index (χ0v) is 16.6. The molecule has 0 aliphatic heterocycles. The van der Waals surface area contributed by atoms with Gasteiger partial charge in [0, 0.05) is 0 Å². The van der Waals surface area contributed by atoms with Crippen molar-refractivity contribution in [1.82, 2.24) is 0 Å². The Bertz CT molecular complexity index is 917. The third-order valence-corrected chi connectivity index (χ3v) is 5.42. The Morgan fingerprint density at radius 2 is 1.59 bits per heavy atom. The summed E-state index contributed by atoms with van der Waals surface area (Å²) >= 11 is 0. The second-order valence-corrected chi connectivity index (χ2v) is 7.29. The Balaban J connectivity index is 1.46. The lowest BCUT2D eigenvalue weighted by Crippen LogP contribution is -2.30. The van der Waals surface area contributed by atoms with Crippen LogP contribution in [0.3, 0.4) is 0 Å². The molecule has 1 aliphatic carbocycles. The van der Waals surface area contributed by atoms with Crippen LogP contribution in [0.2, 0.25) is 0 Å². The zero-order valence-electron chi connectivity index (χ0n) is 16.6. The fourth-order valence-corrected chi connectivity index (χ4v) is 3.95. The summed E-state index contributed by atoms with van der Waals surface area (Å²) < 4.78 is 11.3. The van der Waals surface area contributed by atoms with E-state index in [-0.39, 0.29) is 6.09 Å². The van der Waals surface area contributed by atoms with E-state index in [0.29, 0.717) is 12.5 Å². The number of ether oxygens (including phenoxy) is 2. The number of para-hydroxylation sites is 2. The van der Waals surface area contributed by atoms with Gasteiger partial charge in [-0.05, 0) is 66.6 Å². The number of methoxy groups -OCH3 is 1. The van der Waals surface area contributed by atoms with E-state index >= 15 is 0 Å². The van der Waals surface area contributed by atoms with Crippen molar-refractivity contribution < 1.29 is 14.3 Å². The summed E-state index contributed by atoms with van der Waals surface area (Å²) in [6.07, 6.45) is 2.48. The number of hydrogen-bond acceptors (Lipinski definition) is 3. The molecule has 148 valence electrons. The quantitative estimate of drug-likeness (QED) is 0.557. The molecule has 0 aromatic heterocycles. The normalized spacial score (nSPS) is 15.3. The summed E-state index contributed by atoms with van der Waals surface area (Å²) in [7, 11) is 1.71. The highest BCUT2D eigenvalue weighted by molar-refractivity contribution is 5.95. The van der Waals surface area contributed by atoms with Gasteiger partial charge in [-0.15, -0.1) is 0 Å². The summed E-state index contributed by atoms with van der Waals surface area (Å²) in [5.74, 6) is 1.27. The van der Waals surface area contributed by atoms with Crippen LogP contribution < -0.4 is 9.64 Å². The number of carbonyl (C=O) groups is 1. The van der Waals surface area contributed by atoms with Crippen molar-refractivity contribution in [3.8, 4) is 5.75 Å². The highest BCUT2D eigenvalue weighted by atomic mass is 16.6. The van der Waals surface area contributed by atoms with Crippen LogP contribution in [0.15, 0.2) is 78.9 Å². The van der Waals surface area contributed by atoms with Gasteiger partial charge >= 0.3 is 6.09 Å². The largest absolute Gasteiger partial charge is 0.496 e. The number of hydrogen-bond donors (Lipinski definition) is 0. The van der Waals surface area contributed by atoms with Crippen LogP contribution in [-0.4, -0.2) is 19.8 Å². The fourth-order valence-electron chi connectivity index (χ4n) is 3.95. The van der Waals surface area contributed by atoms with Gasteiger partial charge in [0.1, 0.15) is 5.75 Å². The zero-order chi connectivity index (χ0) is 20.1. The summed E-state index contributed by atoms with van der Waals surface area (Å²) in [6.45, 7) is 0.408. The molecule has 0 heterocycles. The van der Waals surface area contributed by atoms with Gasteiger partial charge in [-0.2, -0.15) is 0 Å². The summed E-state index contributed by atoms with van der Waals surface area (Å²) in [5, 5.41) is 0. The second kappa shape index (κ2) is 8.82. The highest BCUT2D eigenvalue weighted by Gasteiger charge is 2.25. The molecule has 3 aromatic rings. The maximum Gasteiger partial charge on any atom is 0.418 e. The molecule has 0 saturated carbocycles. The Morgan fingerprint density at radius 3 is 2.21 bits per heavy atom. The van der Waals surface area contributed by atoms with E-state index in [1.54, 1.807) is 12.0 Å². The number of carbonyl (C=O) groups excluding carboxylic acids is 1. The minimum absolute atomic E-state index is 0.312. The van der Waals surface area contributed by atoms with Crippen molar-refractivity contribution in [2.24, 2.45) is 5.92 Å². The van der Waals surface area contributed by atoms with Gasteiger partial charge in [0.15, 0.2) is 0 Å². The van der Waals surface area contributed by atoms with E-state index in [0.717, 1.165) is 36.4 Å². The summed E-state index contributed by atoms with van der Waals surface area (Å²) in [5.41, 5.74) is 4.16. The molecule has 1 amide bonds. The Kier molecular flexibility index (Phi) is 5.80. The van der Waals surface area contributed by atoms with Crippen LogP contribution in [0.25, 0.3) is 0 Å². The average Bonchev–Trinajstić information content (AvgIpc) is 2.78. The number of benzene rings is 3. The third kappa shape index (κ3) is 4.27. The molecule has 0 saturated heterocycles. The van der Waals surface area contributed by atoms with E-state index in [1.807, 2.05) is 72.8 Å². The topological polar surface area (TPSA) is 38.8 Å². The maximum atomic E-state index is 13.0. The van der Waals surface area contributed by atoms with Crippen LogP contribution in [0, 0.1) is 5.92 Å². The summed E-state index contributed by atoms with van der Waals surface area (Å²) in [6, 6.07) is 25.4. The van der Waals surface area contributed by atoms with E-state index < -0.39 is 0 Å². The number of nitrogens with zero attached hydrogens (tertiary/aromatic N) is 1. The summed E-state index contributed by atoms with van der Waals surface area (Å²) in [4.78, 5) is 14.6. The van der Waals surface area contributed by atoms with Crippen molar-refractivity contribution in [1.29, 1.82) is 0 Å². The molecule has 4 rings (SSSR count). The van der Waals surface area contributed by atoms with Gasteiger partial charge in [0.25, 0.3) is 0 Å². The SMILES string of the molecule is COc1cccc2c1CCC(COC(=O)N(c1ccccc1)c1ccccc1)C2. The number of amides is 1. The van der Waals surface area contributed by atoms with E-state index in [4.69, 9.17) is 9.47 Å². The molecule has 1 unspecified atom stereocenters. The lowest BCUT2D eigenvalue weighted by Gasteiger charge is -2.27. The predicted octanol–water partition coefficient (Wildman–Crippen LogP) is 5.78. The molecular weight excluding hydrogens is 362 g/mol. The van der Waals surface area contributed by atoms with Gasteiger partial charge in [0.05, 0.1) is 25.1 Å². The number of rotatable bonds is 5. The molecule has 29 heavy (non-hydrogen) atoms. The Hall–Kier alpha value is -3.27. The van der Waals surface area contributed by atoms with E-state index in [9.17, 15) is 4.79 Å². The van der Waals surface area contributed by atoms with Crippen LogP contribution in [-0.2, 0) is 17.6 Å². The van der Waals surface area contributed by atoms with E-state index in [2.05, 4.69) is 6.07 Å². The van der Waals surface area contributed by atoms with Crippen LogP contribution in [0.5, 0.6) is 5.75 Å². The fraction of sp³-hybridized carbons (Fsp3) is 0.240. The highest BCUT2D eigenvalue weighted by Crippen LogP contribution is 2.32. The van der Waals surface area contributed by atoms with E-state index in [1.165, 1.54) is 11.1 Å².